The Labute approximate surface area is 138 Å². The number of carbonyl (C=O) groups excluding carboxylic acids is 1. The first kappa shape index (κ1) is 16.6. The lowest BCUT2D eigenvalue weighted by molar-refractivity contribution is 0.0955. The molecule has 6 nitrogen and oxygen atoms in total. The number of amides is 1. The van der Waals surface area contributed by atoms with Gasteiger partial charge in [0.25, 0.3) is 5.91 Å². The number of nitrogen functional groups attached to an aromatic ring is 1. The molecule has 0 heterocycles. The molecule has 2 aromatic rings. The van der Waals surface area contributed by atoms with Crippen LogP contribution in [-0.4, -0.2) is 26.3 Å². The van der Waals surface area contributed by atoms with Crippen molar-refractivity contribution in [3.8, 4) is 11.5 Å². The molecule has 0 atom stereocenters. The minimum Gasteiger partial charge on any atom is -0.493 e. The number of nitrogens with zero attached hydrogens (tertiary/aromatic N) is 1. The standard InChI is InChI=1S/C16H16ClN3O3/c1-22-13-8-5-11(14(17)15(13)23-2)9-19-20-16(21)10-3-6-12(18)7-4-10/h3-9H,18H2,1-2H3,(H,20,21)/b19-9-. The van der Waals surface area contributed by atoms with Crippen molar-refractivity contribution in [3.05, 3.63) is 52.5 Å². The van der Waals surface area contributed by atoms with Crippen LogP contribution in [0.5, 0.6) is 11.5 Å². The van der Waals surface area contributed by atoms with Crippen LogP contribution in [-0.2, 0) is 0 Å². The third-order valence-electron chi connectivity index (χ3n) is 3.06. The molecule has 0 aliphatic rings. The number of hydrazone groups is 1. The zero-order chi connectivity index (χ0) is 16.8. The molecule has 2 rings (SSSR count). The van der Waals surface area contributed by atoms with E-state index in [9.17, 15) is 4.79 Å². The second-order valence-corrected chi connectivity index (χ2v) is 4.90. The highest BCUT2D eigenvalue weighted by atomic mass is 35.5. The van der Waals surface area contributed by atoms with Gasteiger partial charge in [-0.05, 0) is 36.4 Å². The quantitative estimate of drug-likeness (QED) is 0.500. The largest absolute Gasteiger partial charge is 0.493 e. The number of hydrogen-bond acceptors (Lipinski definition) is 5. The number of halogens is 1. The highest BCUT2D eigenvalue weighted by Gasteiger charge is 2.12. The van der Waals surface area contributed by atoms with Gasteiger partial charge in [-0.2, -0.15) is 5.10 Å². The van der Waals surface area contributed by atoms with E-state index in [1.54, 1.807) is 36.4 Å². The number of ether oxygens (including phenoxy) is 2. The van der Waals surface area contributed by atoms with E-state index in [0.29, 0.717) is 33.3 Å². The van der Waals surface area contributed by atoms with Crippen LogP contribution in [0.2, 0.25) is 5.02 Å². The Morgan fingerprint density at radius 1 is 1.17 bits per heavy atom. The summed E-state index contributed by atoms with van der Waals surface area (Å²) in [4.78, 5) is 11.9. The number of nitrogens with one attached hydrogen (secondary N) is 1. The zero-order valence-corrected chi connectivity index (χ0v) is 13.4. The van der Waals surface area contributed by atoms with Gasteiger partial charge in [0.05, 0.1) is 25.5 Å². The molecule has 0 aromatic heterocycles. The number of methoxy groups -OCH3 is 2. The van der Waals surface area contributed by atoms with Crippen LogP contribution >= 0.6 is 11.6 Å². The second kappa shape index (κ2) is 7.51. The molecule has 0 aliphatic carbocycles. The summed E-state index contributed by atoms with van der Waals surface area (Å²) in [5.74, 6) is 0.571. The molecular weight excluding hydrogens is 318 g/mol. The van der Waals surface area contributed by atoms with Gasteiger partial charge in [0.1, 0.15) is 0 Å². The summed E-state index contributed by atoms with van der Waals surface area (Å²) in [7, 11) is 3.02. The molecule has 120 valence electrons. The molecule has 0 saturated carbocycles. The van der Waals surface area contributed by atoms with Crippen molar-refractivity contribution in [1.82, 2.24) is 5.43 Å². The molecule has 0 saturated heterocycles. The fourth-order valence-corrected chi connectivity index (χ4v) is 2.15. The van der Waals surface area contributed by atoms with Crippen molar-refractivity contribution in [2.75, 3.05) is 20.0 Å². The summed E-state index contributed by atoms with van der Waals surface area (Å²) in [6, 6.07) is 9.93. The molecule has 3 N–H and O–H groups in total. The smallest absolute Gasteiger partial charge is 0.271 e. The first-order chi connectivity index (χ1) is 11.1. The van der Waals surface area contributed by atoms with Crippen LogP contribution in [0.25, 0.3) is 0 Å². The van der Waals surface area contributed by atoms with E-state index < -0.39 is 0 Å². The van der Waals surface area contributed by atoms with Crippen LogP contribution in [0.4, 0.5) is 5.69 Å². The monoisotopic (exact) mass is 333 g/mol. The Hall–Kier alpha value is -2.73. The summed E-state index contributed by atoms with van der Waals surface area (Å²) in [6.07, 6.45) is 1.43. The van der Waals surface area contributed by atoms with Gasteiger partial charge in [0.2, 0.25) is 0 Å². The van der Waals surface area contributed by atoms with Crippen LogP contribution in [0, 0.1) is 0 Å². The van der Waals surface area contributed by atoms with Gasteiger partial charge >= 0.3 is 0 Å². The minimum atomic E-state index is -0.349. The predicted octanol–water partition coefficient (Wildman–Crippen LogP) is 2.70. The van der Waals surface area contributed by atoms with Crippen LogP contribution < -0.4 is 20.6 Å². The summed E-state index contributed by atoms with van der Waals surface area (Å²) < 4.78 is 10.3. The van der Waals surface area contributed by atoms with Gasteiger partial charge in [0, 0.05) is 16.8 Å². The van der Waals surface area contributed by atoms with E-state index in [1.165, 1.54) is 20.4 Å². The molecular formula is C16H16ClN3O3. The molecule has 0 unspecified atom stereocenters. The Bertz CT molecular complexity index is 730. The van der Waals surface area contributed by atoms with Crippen molar-refractivity contribution in [2.24, 2.45) is 5.10 Å². The average Bonchev–Trinajstić information content (AvgIpc) is 2.56. The third-order valence-corrected chi connectivity index (χ3v) is 3.45. The van der Waals surface area contributed by atoms with Crippen molar-refractivity contribution < 1.29 is 14.3 Å². The summed E-state index contributed by atoms with van der Waals surface area (Å²) >= 11 is 6.22. The molecule has 1 amide bonds. The lowest BCUT2D eigenvalue weighted by Crippen LogP contribution is -2.17. The molecule has 0 fully saturated rings. The molecule has 0 aliphatic heterocycles. The fraction of sp³-hybridized carbons (Fsp3) is 0.125. The van der Waals surface area contributed by atoms with Crippen LogP contribution in [0.3, 0.4) is 0 Å². The number of anilines is 1. The zero-order valence-electron chi connectivity index (χ0n) is 12.7. The van der Waals surface area contributed by atoms with E-state index in [0.717, 1.165) is 0 Å². The van der Waals surface area contributed by atoms with Crippen molar-refractivity contribution in [3.63, 3.8) is 0 Å². The number of rotatable bonds is 5. The molecule has 7 heteroatoms. The highest BCUT2D eigenvalue weighted by molar-refractivity contribution is 6.34. The van der Waals surface area contributed by atoms with Crippen molar-refractivity contribution in [1.29, 1.82) is 0 Å². The lowest BCUT2D eigenvalue weighted by atomic mass is 10.2. The maximum Gasteiger partial charge on any atom is 0.271 e. The predicted molar refractivity (Wildman–Crippen MR) is 90.5 cm³/mol. The number of benzene rings is 2. The normalized spacial score (nSPS) is 10.6. The summed E-state index contributed by atoms with van der Waals surface area (Å²) in [6.45, 7) is 0. The SMILES string of the molecule is COc1ccc(/C=N\NC(=O)c2ccc(N)cc2)c(Cl)c1OC. The molecule has 0 bridgehead atoms. The van der Waals surface area contributed by atoms with Gasteiger partial charge in [-0.25, -0.2) is 5.43 Å². The van der Waals surface area contributed by atoms with Crippen LogP contribution in [0.15, 0.2) is 41.5 Å². The molecule has 2 aromatic carbocycles. The van der Waals surface area contributed by atoms with Crippen molar-refractivity contribution >= 4 is 29.4 Å². The van der Waals surface area contributed by atoms with E-state index >= 15 is 0 Å². The first-order valence-corrected chi connectivity index (χ1v) is 7.04. The van der Waals surface area contributed by atoms with Gasteiger partial charge in [-0.15, -0.1) is 0 Å². The fourth-order valence-electron chi connectivity index (χ4n) is 1.86. The maximum atomic E-state index is 11.9. The topological polar surface area (TPSA) is 85.9 Å². The summed E-state index contributed by atoms with van der Waals surface area (Å²) in [5.41, 5.74) is 9.62. The van der Waals surface area contributed by atoms with E-state index in [2.05, 4.69) is 10.5 Å². The first-order valence-electron chi connectivity index (χ1n) is 6.66. The number of nitrogens with two attached hydrogens (primary N) is 1. The second-order valence-electron chi connectivity index (χ2n) is 4.53. The van der Waals surface area contributed by atoms with Crippen molar-refractivity contribution in [2.45, 2.75) is 0 Å². The average molecular weight is 334 g/mol. The summed E-state index contributed by atoms with van der Waals surface area (Å²) in [5, 5.41) is 4.24. The molecule has 0 spiro atoms. The number of hydrogen-bond donors (Lipinski definition) is 2. The van der Waals surface area contributed by atoms with Gasteiger partial charge in [-0.1, -0.05) is 11.6 Å². The lowest BCUT2D eigenvalue weighted by Gasteiger charge is -2.10. The van der Waals surface area contributed by atoms with E-state index in [-0.39, 0.29) is 5.91 Å². The molecule has 23 heavy (non-hydrogen) atoms. The number of carbonyl (C=O) groups is 1. The Kier molecular flexibility index (Phi) is 5.43. The molecule has 0 radical (unpaired) electrons. The third kappa shape index (κ3) is 3.92. The minimum absolute atomic E-state index is 0.345. The highest BCUT2D eigenvalue weighted by Crippen LogP contribution is 2.36. The Morgan fingerprint density at radius 2 is 1.87 bits per heavy atom. The van der Waals surface area contributed by atoms with E-state index in [1.807, 2.05) is 0 Å². The maximum absolute atomic E-state index is 11.9. The van der Waals surface area contributed by atoms with Gasteiger partial charge in [-0.3, -0.25) is 4.79 Å². The van der Waals surface area contributed by atoms with Crippen LogP contribution in [0.1, 0.15) is 15.9 Å². The van der Waals surface area contributed by atoms with Gasteiger partial charge < -0.3 is 15.2 Å². The van der Waals surface area contributed by atoms with E-state index in [4.69, 9.17) is 26.8 Å². The Balaban J connectivity index is 2.11. The van der Waals surface area contributed by atoms with Gasteiger partial charge in [0.15, 0.2) is 11.5 Å². The Morgan fingerprint density at radius 3 is 2.48 bits per heavy atom.